The van der Waals surface area contributed by atoms with E-state index in [1.165, 1.54) is 0 Å². The Kier molecular flexibility index (Phi) is 3.71. The molecule has 0 bridgehead atoms. The van der Waals surface area contributed by atoms with Crippen molar-refractivity contribution < 1.29 is 4.79 Å². The summed E-state index contributed by atoms with van der Waals surface area (Å²) in [5, 5.41) is 11.3. The predicted octanol–water partition coefficient (Wildman–Crippen LogP) is 1.65. The van der Waals surface area contributed by atoms with Crippen LogP contribution in [0, 0.1) is 11.3 Å². The molecule has 0 radical (unpaired) electrons. The zero-order valence-corrected chi connectivity index (χ0v) is 11.7. The molecule has 1 aromatic heterocycles. The SMILES string of the molecule is C[C@H](CC#N)NC(=O)c1cc(Br)cc2[nH]c(=O)[nH]c12. The average molecular weight is 323 g/mol. The molecule has 0 aliphatic rings. The van der Waals surface area contributed by atoms with E-state index >= 15 is 0 Å². The lowest BCUT2D eigenvalue weighted by Crippen LogP contribution is -2.32. The van der Waals surface area contributed by atoms with Gasteiger partial charge in [-0.05, 0) is 19.1 Å². The zero-order chi connectivity index (χ0) is 14.0. The van der Waals surface area contributed by atoms with Crippen molar-refractivity contribution in [2.75, 3.05) is 0 Å². The van der Waals surface area contributed by atoms with Crippen LogP contribution in [0.15, 0.2) is 21.4 Å². The van der Waals surface area contributed by atoms with E-state index in [-0.39, 0.29) is 24.1 Å². The van der Waals surface area contributed by atoms with Crippen molar-refractivity contribution >= 4 is 32.9 Å². The number of H-pyrrole nitrogens is 2. The van der Waals surface area contributed by atoms with Crippen LogP contribution in [0.25, 0.3) is 11.0 Å². The average Bonchev–Trinajstić information content (AvgIpc) is 2.68. The molecule has 0 unspecified atom stereocenters. The Labute approximate surface area is 116 Å². The van der Waals surface area contributed by atoms with Gasteiger partial charge in [-0.3, -0.25) is 4.79 Å². The highest BCUT2D eigenvalue weighted by Crippen LogP contribution is 2.20. The van der Waals surface area contributed by atoms with Crippen LogP contribution in [0.5, 0.6) is 0 Å². The minimum absolute atomic E-state index is 0.229. The highest BCUT2D eigenvalue weighted by Gasteiger charge is 2.15. The molecule has 6 nitrogen and oxygen atoms in total. The molecule has 1 amide bonds. The standard InChI is InChI=1S/C12H11BrN4O2/c1-6(2-3-14)15-11(18)8-4-7(13)5-9-10(8)17-12(19)16-9/h4-6H,2H2,1H3,(H,15,18)(H2,16,17,19)/t6-/m1/s1. The summed E-state index contributed by atoms with van der Waals surface area (Å²) in [6.07, 6.45) is 0.229. The van der Waals surface area contributed by atoms with Crippen molar-refractivity contribution in [2.45, 2.75) is 19.4 Å². The number of halogens is 1. The molecular formula is C12H11BrN4O2. The lowest BCUT2D eigenvalue weighted by Gasteiger charge is -2.11. The Balaban J connectivity index is 2.41. The Morgan fingerprint density at radius 3 is 2.95 bits per heavy atom. The molecule has 19 heavy (non-hydrogen) atoms. The number of nitrogens with zero attached hydrogens (tertiary/aromatic N) is 1. The summed E-state index contributed by atoms with van der Waals surface area (Å²) in [5.74, 6) is -0.329. The third kappa shape index (κ3) is 2.85. The summed E-state index contributed by atoms with van der Waals surface area (Å²) in [4.78, 5) is 28.6. The molecule has 1 heterocycles. The molecule has 3 N–H and O–H groups in total. The number of imidazole rings is 1. The van der Waals surface area contributed by atoms with Gasteiger partial charge in [0, 0.05) is 10.5 Å². The molecule has 1 atom stereocenters. The van der Waals surface area contributed by atoms with Gasteiger partial charge >= 0.3 is 5.69 Å². The van der Waals surface area contributed by atoms with Gasteiger partial charge in [0.25, 0.3) is 5.91 Å². The van der Waals surface area contributed by atoms with Gasteiger partial charge in [-0.1, -0.05) is 15.9 Å². The van der Waals surface area contributed by atoms with Crippen LogP contribution in [0.4, 0.5) is 0 Å². The van der Waals surface area contributed by atoms with Gasteiger partial charge in [0.05, 0.1) is 29.1 Å². The maximum Gasteiger partial charge on any atom is 0.323 e. The van der Waals surface area contributed by atoms with Gasteiger partial charge in [-0.25, -0.2) is 4.79 Å². The van der Waals surface area contributed by atoms with Crippen LogP contribution < -0.4 is 11.0 Å². The van der Waals surface area contributed by atoms with Gasteiger partial charge in [0.2, 0.25) is 0 Å². The van der Waals surface area contributed by atoms with Gasteiger partial charge in [0.15, 0.2) is 0 Å². The fourth-order valence-corrected chi connectivity index (χ4v) is 2.23. The Hall–Kier alpha value is -2.07. The molecule has 2 aromatic rings. The number of aromatic nitrogens is 2. The van der Waals surface area contributed by atoms with E-state index in [0.717, 1.165) is 0 Å². The first kappa shape index (κ1) is 13.4. The first-order valence-corrected chi connectivity index (χ1v) is 6.40. The summed E-state index contributed by atoms with van der Waals surface area (Å²) in [5.41, 5.74) is 0.993. The number of aromatic amines is 2. The first-order chi connectivity index (χ1) is 9.01. The Morgan fingerprint density at radius 1 is 1.53 bits per heavy atom. The third-order valence-electron chi connectivity index (χ3n) is 2.61. The van der Waals surface area contributed by atoms with E-state index in [1.807, 2.05) is 6.07 Å². The Morgan fingerprint density at radius 2 is 2.26 bits per heavy atom. The van der Waals surface area contributed by atoms with E-state index in [1.54, 1.807) is 19.1 Å². The molecule has 0 aliphatic carbocycles. The molecule has 0 saturated heterocycles. The topological polar surface area (TPSA) is 102 Å². The fraction of sp³-hybridized carbons (Fsp3) is 0.250. The lowest BCUT2D eigenvalue weighted by molar-refractivity contribution is 0.0942. The molecule has 1 aromatic carbocycles. The van der Waals surface area contributed by atoms with Crippen molar-refractivity contribution in [3.05, 3.63) is 32.7 Å². The highest BCUT2D eigenvalue weighted by atomic mass is 79.9. The second-order valence-electron chi connectivity index (χ2n) is 4.19. The van der Waals surface area contributed by atoms with Crippen molar-refractivity contribution in [3.8, 4) is 6.07 Å². The largest absolute Gasteiger partial charge is 0.348 e. The zero-order valence-electron chi connectivity index (χ0n) is 10.1. The Bertz CT molecular complexity index is 725. The number of fused-ring (bicyclic) bond motifs is 1. The molecule has 0 aliphatic heterocycles. The van der Waals surface area contributed by atoms with Crippen molar-refractivity contribution in [3.63, 3.8) is 0 Å². The molecule has 98 valence electrons. The summed E-state index contributed by atoms with van der Waals surface area (Å²) >= 11 is 3.29. The number of carbonyl (C=O) groups excluding carboxylic acids is 1. The minimum atomic E-state index is -0.368. The number of carbonyl (C=O) groups is 1. The number of hydrogen-bond acceptors (Lipinski definition) is 3. The molecular weight excluding hydrogens is 312 g/mol. The van der Waals surface area contributed by atoms with E-state index in [9.17, 15) is 9.59 Å². The monoisotopic (exact) mass is 322 g/mol. The van der Waals surface area contributed by atoms with Crippen molar-refractivity contribution in [1.82, 2.24) is 15.3 Å². The fourth-order valence-electron chi connectivity index (χ4n) is 1.78. The quantitative estimate of drug-likeness (QED) is 0.800. The van der Waals surface area contributed by atoms with Crippen LogP contribution in [-0.4, -0.2) is 21.9 Å². The van der Waals surface area contributed by atoms with Crippen LogP contribution in [0.3, 0.4) is 0 Å². The minimum Gasteiger partial charge on any atom is -0.348 e. The van der Waals surface area contributed by atoms with Gasteiger partial charge in [0.1, 0.15) is 0 Å². The van der Waals surface area contributed by atoms with E-state index in [2.05, 4.69) is 31.2 Å². The van der Waals surface area contributed by atoms with Crippen LogP contribution in [0.1, 0.15) is 23.7 Å². The number of nitrogens with one attached hydrogen (secondary N) is 3. The maximum atomic E-state index is 12.1. The number of hydrogen-bond donors (Lipinski definition) is 3. The summed E-state index contributed by atoms with van der Waals surface area (Å²) in [7, 11) is 0. The highest BCUT2D eigenvalue weighted by molar-refractivity contribution is 9.10. The third-order valence-corrected chi connectivity index (χ3v) is 3.07. The summed E-state index contributed by atoms with van der Waals surface area (Å²) in [6, 6.07) is 5.07. The van der Waals surface area contributed by atoms with Gasteiger partial charge in [-0.2, -0.15) is 5.26 Å². The predicted molar refractivity (Wildman–Crippen MR) is 73.8 cm³/mol. The maximum absolute atomic E-state index is 12.1. The van der Waals surface area contributed by atoms with Crippen LogP contribution in [-0.2, 0) is 0 Å². The van der Waals surface area contributed by atoms with Gasteiger partial charge in [-0.15, -0.1) is 0 Å². The number of nitriles is 1. The number of benzene rings is 1. The molecule has 7 heteroatoms. The number of rotatable bonds is 3. The van der Waals surface area contributed by atoms with Crippen molar-refractivity contribution in [2.24, 2.45) is 0 Å². The second-order valence-corrected chi connectivity index (χ2v) is 5.11. The van der Waals surface area contributed by atoms with Crippen LogP contribution >= 0.6 is 15.9 Å². The molecule has 0 fully saturated rings. The number of amides is 1. The van der Waals surface area contributed by atoms with Gasteiger partial charge < -0.3 is 15.3 Å². The smallest absolute Gasteiger partial charge is 0.323 e. The first-order valence-electron chi connectivity index (χ1n) is 5.60. The summed E-state index contributed by atoms with van der Waals surface area (Å²) in [6.45, 7) is 1.75. The lowest BCUT2D eigenvalue weighted by atomic mass is 10.1. The summed E-state index contributed by atoms with van der Waals surface area (Å²) < 4.78 is 0.688. The van der Waals surface area contributed by atoms with Crippen LogP contribution in [0.2, 0.25) is 0 Å². The van der Waals surface area contributed by atoms with E-state index < -0.39 is 0 Å². The van der Waals surface area contributed by atoms with E-state index in [4.69, 9.17) is 5.26 Å². The molecule has 2 rings (SSSR count). The molecule has 0 spiro atoms. The molecule has 0 saturated carbocycles. The normalized spacial score (nSPS) is 12.1. The van der Waals surface area contributed by atoms with Crippen molar-refractivity contribution in [1.29, 1.82) is 5.26 Å². The second kappa shape index (κ2) is 5.28. The van der Waals surface area contributed by atoms with E-state index in [0.29, 0.717) is 21.1 Å².